The van der Waals surface area contributed by atoms with Gasteiger partial charge < -0.3 is 9.84 Å². The molecule has 0 atom stereocenters. The Morgan fingerprint density at radius 2 is 1.41 bits per heavy atom. The van der Waals surface area contributed by atoms with Gasteiger partial charge in [0.25, 0.3) is 0 Å². The summed E-state index contributed by atoms with van der Waals surface area (Å²) in [5.41, 5.74) is 2.75. The fraction of sp³-hybridized carbons (Fsp3) is 0.138. The normalized spacial score (nSPS) is 11.2. The predicted octanol–water partition coefficient (Wildman–Crippen LogP) is 6.21. The van der Waals surface area contributed by atoms with E-state index < -0.39 is 7.05 Å². The highest BCUT2D eigenvalue weighted by Crippen LogP contribution is 2.49. The lowest BCUT2D eigenvalue weighted by Crippen LogP contribution is -2.21. The Morgan fingerprint density at radius 1 is 0.853 bits per heavy atom. The standard InChI is InChI=1S/C29H28NO3P/c1-23-19-24(21-31)29(32)25(20-23)22-33-17-18-34(27-13-7-3-8-14-27,28-15-9-4-10-16-28)30-26-11-5-2-6-12-26/h2-16,19-21,32H,17-18,22H2,1H3. The molecule has 0 saturated carbocycles. The SMILES string of the molecule is Cc1cc(C=O)c(O)c(COCCP(=Nc2ccccc2)(c2ccccc2)c2ccccc2)c1. The monoisotopic (exact) mass is 469 g/mol. The Morgan fingerprint density at radius 3 is 1.97 bits per heavy atom. The number of phenols is 1. The zero-order valence-corrected chi connectivity index (χ0v) is 20.1. The minimum Gasteiger partial charge on any atom is -0.507 e. The Bertz CT molecular complexity index is 1250. The lowest BCUT2D eigenvalue weighted by molar-refractivity contribution is 0.111. The quantitative estimate of drug-likeness (QED) is 0.180. The first-order valence-corrected chi connectivity index (χ1v) is 13.2. The van der Waals surface area contributed by atoms with Gasteiger partial charge in [-0.15, -0.1) is 0 Å². The second-order valence-electron chi connectivity index (χ2n) is 8.13. The third-order valence-electron chi connectivity index (χ3n) is 5.72. The average molecular weight is 470 g/mol. The highest BCUT2D eigenvalue weighted by atomic mass is 31.2. The fourth-order valence-corrected chi connectivity index (χ4v) is 7.47. The van der Waals surface area contributed by atoms with E-state index in [1.807, 2.05) is 55.5 Å². The topological polar surface area (TPSA) is 58.9 Å². The number of carbonyl (C=O) groups is 1. The van der Waals surface area contributed by atoms with Crippen LogP contribution in [-0.2, 0) is 11.3 Å². The summed E-state index contributed by atoms with van der Waals surface area (Å²) in [5, 5.41) is 12.8. The van der Waals surface area contributed by atoms with Gasteiger partial charge in [0, 0.05) is 18.8 Å². The number of ether oxygens (including phenoxy) is 1. The van der Waals surface area contributed by atoms with Crippen molar-refractivity contribution in [1.82, 2.24) is 0 Å². The van der Waals surface area contributed by atoms with Crippen molar-refractivity contribution in [2.75, 3.05) is 12.8 Å². The molecule has 172 valence electrons. The molecule has 0 aliphatic carbocycles. The van der Waals surface area contributed by atoms with Crippen molar-refractivity contribution < 1.29 is 14.6 Å². The molecule has 4 rings (SSSR count). The van der Waals surface area contributed by atoms with E-state index in [1.54, 1.807) is 6.07 Å². The van der Waals surface area contributed by atoms with E-state index >= 15 is 0 Å². The lowest BCUT2D eigenvalue weighted by atomic mass is 10.1. The molecular formula is C29H28NO3P. The first kappa shape index (κ1) is 23.7. The van der Waals surface area contributed by atoms with Gasteiger partial charge in [-0.2, -0.15) is 0 Å². The van der Waals surface area contributed by atoms with Gasteiger partial charge in [-0.1, -0.05) is 84.9 Å². The number of benzene rings is 4. The number of hydrogen-bond donors (Lipinski definition) is 1. The molecule has 0 unspecified atom stereocenters. The third kappa shape index (κ3) is 5.36. The summed E-state index contributed by atoms with van der Waals surface area (Å²) < 4.78 is 11.5. The van der Waals surface area contributed by atoms with Crippen molar-refractivity contribution >= 4 is 29.6 Å². The highest BCUT2D eigenvalue weighted by Gasteiger charge is 2.25. The summed E-state index contributed by atoms with van der Waals surface area (Å²) in [6.45, 7) is 2.58. The van der Waals surface area contributed by atoms with Gasteiger partial charge in [0.1, 0.15) is 5.75 Å². The maximum atomic E-state index is 11.3. The number of phenolic OH excluding ortho intramolecular Hbond substituents is 1. The lowest BCUT2D eigenvalue weighted by Gasteiger charge is -2.26. The fourth-order valence-electron chi connectivity index (χ4n) is 4.08. The van der Waals surface area contributed by atoms with Gasteiger partial charge in [0.2, 0.25) is 0 Å². The van der Waals surface area contributed by atoms with Crippen molar-refractivity contribution in [2.45, 2.75) is 13.5 Å². The van der Waals surface area contributed by atoms with Crippen molar-refractivity contribution in [3.8, 4) is 5.75 Å². The summed E-state index contributed by atoms with van der Waals surface area (Å²) >= 11 is 0. The van der Waals surface area contributed by atoms with Gasteiger partial charge in [0.05, 0.1) is 24.5 Å². The Kier molecular flexibility index (Phi) is 7.74. The molecule has 1 N–H and O–H groups in total. The molecule has 0 saturated heterocycles. The molecule has 5 heteroatoms. The Balaban J connectivity index is 1.69. The molecule has 0 aliphatic rings. The van der Waals surface area contributed by atoms with Crippen LogP contribution < -0.4 is 10.6 Å². The van der Waals surface area contributed by atoms with Crippen LogP contribution in [-0.4, -0.2) is 24.2 Å². The number of carbonyl (C=O) groups excluding carboxylic acids is 1. The second kappa shape index (κ2) is 11.1. The molecule has 0 heterocycles. The van der Waals surface area contributed by atoms with E-state index in [0.29, 0.717) is 24.6 Å². The minimum atomic E-state index is -2.20. The average Bonchev–Trinajstić information content (AvgIpc) is 2.89. The van der Waals surface area contributed by atoms with Crippen LogP contribution in [0.15, 0.2) is 108 Å². The van der Waals surface area contributed by atoms with Gasteiger partial charge in [0.15, 0.2) is 6.29 Å². The summed E-state index contributed by atoms with van der Waals surface area (Å²) in [7, 11) is -2.20. The molecule has 0 radical (unpaired) electrons. The summed E-state index contributed by atoms with van der Waals surface area (Å²) in [6, 6.07) is 34.5. The number of rotatable bonds is 9. The molecular weight excluding hydrogens is 441 g/mol. The Hall–Kier alpha value is -3.46. The summed E-state index contributed by atoms with van der Waals surface area (Å²) in [4.78, 5) is 11.3. The van der Waals surface area contributed by atoms with Crippen LogP contribution in [0.5, 0.6) is 5.75 Å². The number of aldehydes is 1. The van der Waals surface area contributed by atoms with Crippen molar-refractivity contribution in [2.24, 2.45) is 4.74 Å². The van der Waals surface area contributed by atoms with Crippen LogP contribution in [0.4, 0.5) is 5.69 Å². The number of nitrogens with zero attached hydrogens (tertiary/aromatic N) is 1. The van der Waals surface area contributed by atoms with E-state index in [1.165, 1.54) is 10.6 Å². The van der Waals surface area contributed by atoms with E-state index in [4.69, 9.17) is 9.48 Å². The molecule has 0 amide bonds. The Labute approximate surface area is 200 Å². The van der Waals surface area contributed by atoms with Crippen molar-refractivity contribution in [1.29, 1.82) is 0 Å². The number of hydrogen-bond acceptors (Lipinski definition) is 4. The molecule has 0 bridgehead atoms. The van der Waals surface area contributed by atoms with Crippen LogP contribution >= 0.6 is 7.05 Å². The van der Waals surface area contributed by atoms with Gasteiger partial charge in [-0.05, 0) is 41.3 Å². The smallest absolute Gasteiger partial charge is 0.153 e. The molecule has 0 aromatic heterocycles. The van der Waals surface area contributed by atoms with Crippen LogP contribution in [0, 0.1) is 6.92 Å². The van der Waals surface area contributed by atoms with Gasteiger partial charge in [-0.3, -0.25) is 9.54 Å². The molecule has 0 aliphatic heterocycles. The summed E-state index contributed by atoms with van der Waals surface area (Å²) in [6.07, 6.45) is 1.38. The molecule has 34 heavy (non-hydrogen) atoms. The largest absolute Gasteiger partial charge is 0.507 e. The number of aromatic hydroxyl groups is 1. The zero-order chi connectivity index (χ0) is 23.8. The van der Waals surface area contributed by atoms with Crippen LogP contribution in [0.1, 0.15) is 21.5 Å². The minimum absolute atomic E-state index is 0.0123. The molecule has 4 aromatic rings. The molecule has 4 aromatic carbocycles. The first-order chi connectivity index (χ1) is 16.6. The summed E-state index contributed by atoms with van der Waals surface area (Å²) in [5.74, 6) is -0.0123. The maximum absolute atomic E-state index is 11.3. The molecule has 4 nitrogen and oxygen atoms in total. The first-order valence-electron chi connectivity index (χ1n) is 11.3. The predicted molar refractivity (Wildman–Crippen MR) is 140 cm³/mol. The zero-order valence-electron chi connectivity index (χ0n) is 19.2. The van der Waals surface area contributed by atoms with Gasteiger partial charge in [-0.25, -0.2) is 0 Å². The van der Waals surface area contributed by atoms with Crippen LogP contribution in [0.3, 0.4) is 0 Å². The van der Waals surface area contributed by atoms with Crippen LogP contribution in [0.25, 0.3) is 0 Å². The van der Waals surface area contributed by atoms with E-state index in [9.17, 15) is 9.90 Å². The van der Waals surface area contributed by atoms with E-state index in [-0.39, 0.29) is 17.9 Å². The second-order valence-corrected chi connectivity index (χ2v) is 11.4. The van der Waals surface area contributed by atoms with Gasteiger partial charge >= 0.3 is 0 Å². The molecule has 0 fully saturated rings. The van der Waals surface area contributed by atoms with E-state index in [2.05, 4.69) is 48.5 Å². The number of aryl methyl sites for hydroxylation is 1. The van der Waals surface area contributed by atoms with E-state index in [0.717, 1.165) is 11.3 Å². The van der Waals surface area contributed by atoms with Crippen molar-refractivity contribution in [3.05, 3.63) is 120 Å². The molecule has 0 spiro atoms. The maximum Gasteiger partial charge on any atom is 0.153 e. The van der Waals surface area contributed by atoms with Crippen molar-refractivity contribution in [3.63, 3.8) is 0 Å². The van der Waals surface area contributed by atoms with Crippen LogP contribution in [0.2, 0.25) is 0 Å². The third-order valence-corrected chi connectivity index (χ3v) is 9.42. The highest BCUT2D eigenvalue weighted by molar-refractivity contribution is 7.81.